The molecule has 1 aliphatic heterocycles. The first-order valence-electron chi connectivity index (χ1n) is 15.9. The van der Waals surface area contributed by atoms with Crippen LogP contribution in [-0.2, 0) is 22.4 Å². The number of benzene rings is 1. The minimum Gasteiger partial charge on any atom is -0.487 e. The van der Waals surface area contributed by atoms with Crippen molar-refractivity contribution in [3.63, 3.8) is 0 Å². The van der Waals surface area contributed by atoms with E-state index in [1.165, 1.54) is 69.6 Å². The van der Waals surface area contributed by atoms with Crippen molar-refractivity contribution in [3.05, 3.63) is 22.3 Å². The molecule has 1 aliphatic rings. The first kappa shape index (κ1) is 33.5. The first-order valence-corrected chi connectivity index (χ1v) is 15.9. The van der Waals surface area contributed by atoms with E-state index < -0.39 is 0 Å². The number of hydrogen-bond donors (Lipinski definition) is 0. The van der Waals surface area contributed by atoms with Gasteiger partial charge in [-0.15, -0.1) is 0 Å². The number of methoxy groups -OCH3 is 1. The molecular formula is C35H60O4. The molecule has 1 aromatic carbocycles. The van der Waals surface area contributed by atoms with Crippen LogP contribution in [0.5, 0.6) is 11.5 Å². The molecule has 0 fully saturated rings. The average molecular weight is 545 g/mol. The Labute approximate surface area is 241 Å². The number of esters is 1. The van der Waals surface area contributed by atoms with E-state index in [-0.39, 0.29) is 18.2 Å². The molecule has 0 N–H and O–H groups in total. The maximum Gasteiger partial charge on any atom is 0.343 e. The molecule has 3 atom stereocenters. The maximum atomic E-state index is 11.8. The fourth-order valence-electron chi connectivity index (χ4n) is 6.23. The van der Waals surface area contributed by atoms with Gasteiger partial charge in [0.2, 0.25) is 0 Å². The van der Waals surface area contributed by atoms with E-state index in [1.807, 2.05) is 0 Å². The Hall–Kier alpha value is -1.71. The largest absolute Gasteiger partial charge is 0.487 e. The highest BCUT2D eigenvalue weighted by Gasteiger charge is 2.35. The third-order valence-electron chi connectivity index (χ3n) is 8.84. The predicted molar refractivity (Wildman–Crippen MR) is 164 cm³/mol. The Morgan fingerprint density at radius 2 is 1.46 bits per heavy atom. The lowest BCUT2D eigenvalue weighted by Gasteiger charge is -2.39. The van der Waals surface area contributed by atoms with E-state index in [2.05, 4.69) is 62.3 Å². The average Bonchev–Trinajstić information content (AvgIpc) is 2.85. The molecule has 0 saturated heterocycles. The minimum absolute atomic E-state index is 0.0636. The topological polar surface area (TPSA) is 44.8 Å². The van der Waals surface area contributed by atoms with E-state index in [4.69, 9.17) is 14.2 Å². The second kappa shape index (κ2) is 15.9. The maximum absolute atomic E-state index is 11.8. The number of carbonyl (C=O) groups is 1. The van der Waals surface area contributed by atoms with Gasteiger partial charge in [-0.2, -0.15) is 0 Å². The van der Waals surface area contributed by atoms with Crippen molar-refractivity contribution in [2.24, 2.45) is 23.7 Å². The van der Waals surface area contributed by atoms with Crippen LogP contribution < -0.4 is 9.47 Å². The molecule has 1 aromatic rings. The lowest BCUT2D eigenvalue weighted by molar-refractivity contribution is -0.142. The molecule has 0 saturated carbocycles. The smallest absolute Gasteiger partial charge is 0.343 e. The summed E-state index contributed by atoms with van der Waals surface area (Å²) in [5, 5.41) is 0. The molecule has 0 radical (unpaired) electrons. The zero-order chi connectivity index (χ0) is 29.2. The minimum atomic E-state index is -0.355. The Morgan fingerprint density at radius 3 is 2.03 bits per heavy atom. The first-order chi connectivity index (χ1) is 18.4. The highest BCUT2D eigenvalue weighted by molar-refractivity contribution is 5.71. The molecule has 1 heterocycles. The lowest BCUT2D eigenvalue weighted by atomic mass is 9.82. The van der Waals surface area contributed by atoms with Gasteiger partial charge in [-0.25, -0.2) is 4.79 Å². The second-order valence-corrected chi connectivity index (χ2v) is 13.7. The third kappa shape index (κ3) is 10.7. The van der Waals surface area contributed by atoms with E-state index in [0.717, 1.165) is 66.1 Å². The summed E-state index contributed by atoms with van der Waals surface area (Å²) >= 11 is 0. The summed E-state index contributed by atoms with van der Waals surface area (Å²) in [5.41, 5.74) is 4.57. The summed E-state index contributed by atoms with van der Waals surface area (Å²) in [6, 6.07) is 0. The highest BCUT2D eigenvalue weighted by Crippen LogP contribution is 2.46. The quantitative estimate of drug-likeness (QED) is 0.183. The van der Waals surface area contributed by atoms with Crippen molar-refractivity contribution in [1.82, 2.24) is 0 Å². The van der Waals surface area contributed by atoms with Gasteiger partial charge in [0.05, 0.1) is 7.11 Å². The number of hydrogen-bond acceptors (Lipinski definition) is 4. The Bertz CT molecular complexity index is 903. The van der Waals surface area contributed by atoms with Crippen molar-refractivity contribution < 1.29 is 19.0 Å². The fraction of sp³-hybridized carbons (Fsp3) is 0.800. The second-order valence-electron chi connectivity index (χ2n) is 13.7. The lowest BCUT2D eigenvalue weighted by Crippen LogP contribution is -2.37. The number of fused-ring (bicyclic) bond motifs is 1. The van der Waals surface area contributed by atoms with Gasteiger partial charge in [0, 0.05) is 11.1 Å². The number of ether oxygens (including phenoxy) is 3. The van der Waals surface area contributed by atoms with Crippen LogP contribution in [0.4, 0.5) is 0 Å². The van der Waals surface area contributed by atoms with Gasteiger partial charge >= 0.3 is 5.97 Å². The molecule has 0 bridgehead atoms. The summed E-state index contributed by atoms with van der Waals surface area (Å²) in [6.07, 6.45) is 14.8. The van der Waals surface area contributed by atoms with Gasteiger partial charge in [0.15, 0.2) is 6.61 Å². The van der Waals surface area contributed by atoms with Crippen molar-refractivity contribution in [2.45, 2.75) is 145 Å². The standard InChI is InChI=1S/C35H60O4/c1-24(2)14-11-15-26(5)16-12-17-27(6)18-13-20-35(9)21-19-30-28(7)33(38-23-32(36)37-10)29(8)31(22-25(3)4)34(30)39-35/h24-27H,11-23H2,1-10H3. The summed E-state index contributed by atoms with van der Waals surface area (Å²) < 4.78 is 17.7. The van der Waals surface area contributed by atoms with Gasteiger partial charge in [-0.05, 0) is 87.7 Å². The fourth-order valence-corrected chi connectivity index (χ4v) is 6.23. The van der Waals surface area contributed by atoms with Gasteiger partial charge in [0.25, 0.3) is 0 Å². The molecule has 4 heteroatoms. The van der Waals surface area contributed by atoms with Crippen LogP contribution in [0.15, 0.2) is 0 Å². The van der Waals surface area contributed by atoms with Crippen LogP contribution in [0.25, 0.3) is 0 Å². The Balaban J connectivity index is 1.97. The van der Waals surface area contributed by atoms with Crippen LogP contribution in [0.3, 0.4) is 0 Å². The van der Waals surface area contributed by atoms with Crippen LogP contribution >= 0.6 is 0 Å². The van der Waals surface area contributed by atoms with Gasteiger partial charge < -0.3 is 14.2 Å². The van der Waals surface area contributed by atoms with Crippen molar-refractivity contribution in [3.8, 4) is 11.5 Å². The third-order valence-corrected chi connectivity index (χ3v) is 8.84. The molecule has 2 rings (SSSR count). The molecule has 0 amide bonds. The molecule has 3 unspecified atom stereocenters. The van der Waals surface area contributed by atoms with Crippen molar-refractivity contribution >= 4 is 5.97 Å². The van der Waals surface area contributed by atoms with E-state index in [0.29, 0.717) is 5.92 Å². The molecule has 39 heavy (non-hydrogen) atoms. The van der Waals surface area contributed by atoms with E-state index in [1.54, 1.807) is 0 Å². The van der Waals surface area contributed by atoms with Crippen LogP contribution in [0, 0.1) is 37.5 Å². The highest BCUT2D eigenvalue weighted by atomic mass is 16.6. The zero-order valence-corrected chi connectivity index (χ0v) is 27.1. The molecule has 0 aliphatic carbocycles. The predicted octanol–water partition coefficient (Wildman–Crippen LogP) is 9.58. The zero-order valence-electron chi connectivity index (χ0n) is 27.1. The van der Waals surface area contributed by atoms with Crippen LogP contribution in [0.2, 0.25) is 0 Å². The van der Waals surface area contributed by atoms with E-state index >= 15 is 0 Å². The Morgan fingerprint density at radius 1 is 0.872 bits per heavy atom. The number of carbonyl (C=O) groups excluding carboxylic acids is 1. The normalized spacial score (nSPS) is 18.6. The molecule has 224 valence electrons. The summed E-state index contributed by atoms with van der Waals surface area (Å²) in [5.74, 6) is 4.53. The van der Waals surface area contributed by atoms with Gasteiger partial charge in [0.1, 0.15) is 17.1 Å². The van der Waals surface area contributed by atoms with Crippen LogP contribution in [-0.4, -0.2) is 25.3 Å². The summed E-state index contributed by atoms with van der Waals surface area (Å²) in [7, 11) is 1.40. The molecule has 0 aromatic heterocycles. The van der Waals surface area contributed by atoms with Gasteiger partial charge in [-0.3, -0.25) is 0 Å². The molecular weight excluding hydrogens is 484 g/mol. The monoisotopic (exact) mass is 544 g/mol. The summed E-state index contributed by atoms with van der Waals surface area (Å²) in [6.45, 7) is 20.5. The van der Waals surface area contributed by atoms with Crippen molar-refractivity contribution in [1.29, 1.82) is 0 Å². The summed E-state index contributed by atoms with van der Waals surface area (Å²) in [4.78, 5) is 11.8. The molecule has 4 nitrogen and oxygen atoms in total. The van der Waals surface area contributed by atoms with Crippen LogP contribution in [0.1, 0.15) is 135 Å². The Kier molecular flexibility index (Phi) is 13.7. The molecule has 0 spiro atoms. The van der Waals surface area contributed by atoms with Gasteiger partial charge in [-0.1, -0.05) is 86.5 Å². The SMILES string of the molecule is COC(=O)COc1c(C)c2c(c(CC(C)C)c1C)OC(C)(CCCC(C)CCCC(C)CCCC(C)C)CC2. The van der Waals surface area contributed by atoms with E-state index in [9.17, 15) is 4.79 Å². The van der Waals surface area contributed by atoms with Crippen molar-refractivity contribution in [2.75, 3.05) is 13.7 Å². The number of rotatable bonds is 17.